The second-order valence-electron chi connectivity index (χ2n) is 7.25. The van der Waals surface area contributed by atoms with Gasteiger partial charge in [-0.15, -0.1) is 0 Å². The topological polar surface area (TPSA) is 110 Å². The van der Waals surface area contributed by atoms with Crippen molar-refractivity contribution in [3.8, 4) is 5.75 Å². The van der Waals surface area contributed by atoms with Gasteiger partial charge in [0.1, 0.15) is 11.8 Å². The molecule has 10 heteroatoms. The van der Waals surface area contributed by atoms with Crippen LogP contribution in [0, 0.1) is 0 Å². The Morgan fingerprint density at radius 1 is 1.00 bits per heavy atom. The molecule has 0 saturated heterocycles. The van der Waals surface area contributed by atoms with E-state index < -0.39 is 37.9 Å². The zero-order valence-corrected chi connectivity index (χ0v) is 19.8. The fourth-order valence-electron chi connectivity index (χ4n) is 3.19. The van der Waals surface area contributed by atoms with Crippen LogP contribution < -0.4 is 14.4 Å². The Bertz CT molecular complexity index is 1110. The highest BCUT2D eigenvalue weighted by molar-refractivity contribution is 7.92. The molecule has 0 unspecified atom stereocenters. The quantitative estimate of drug-likeness (QED) is 0.606. The van der Waals surface area contributed by atoms with E-state index in [9.17, 15) is 21.6 Å². The van der Waals surface area contributed by atoms with Gasteiger partial charge in [-0.2, -0.15) is 0 Å². The van der Waals surface area contributed by atoms with E-state index in [1.807, 2.05) is 0 Å². The average molecular weight is 469 g/mol. The summed E-state index contributed by atoms with van der Waals surface area (Å²) in [5.74, 6) is 0.115. The van der Waals surface area contributed by atoms with Gasteiger partial charge in [-0.05, 0) is 55.3 Å². The highest BCUT2D eigenvalue weighted by Gasteiger charge is 2.32. The third kappa shape index (κ3) is 6.20. The molecule has 0 aliphatic rings. The third-order valence-corrected chi connectivity index (χ3v) is 7.13. The van der Waals surface area contributed by atoms with Gasteiger partial charge in [0.25, 0.3) is 0 Å². The van der Waals surface area contributed by atoms with Gasteiger partial charge < -0.3 is 10.1 Å². The second-order valence-corrected chi connectivity index (χ2v) is 11.1. The summed E-state index contributed by atoms with van der Waals surface area (Å²) in [7, 11) is -5.56. The molecule has 0 bridgehead atoms. The predicted molar refractivity (Wildman–Crippen MR) is 121 cm³/mol. The number of nitrogens with zero attached hydrogens (tertiary/aromatic N) is 1. The number of hydrogen-bond acceptors (Lipinski definition) is 6. The summed E-state index contributed by atoms with van der Waals surface area (Å²) in [6.45, 7) is 3.48. The minimum absolute atomic E-state index is 0.184. The lowest BCUT2D eigenvalue weighted by Gasteiger charge is -2.31. The van der Waals surface area contributed by atoms with Crippen LogP contribution in [0.2, 0.25) is 0 Å². The predicted octanol–water partition coefficient (Wildman–Crippen LogP) is 2.52. The van der Waals surface area contributed by atoms with Crippen LogP contribution in [0.15, 0.2) is 53.4 Å². The van der Waals surface area contributed by atoms with E-state index >= 15 is 0 Å². The van der Waals surface area contributed by atoms with Crippen molar-refractivity contribution in [1.29, 1.82) is 0 Å². The number of anilines is 1. The van der Waals surface area contributed by atoms with Crippen molar-refractivity contribution in [2.75, 3.05) is 23.9 Å². The van der Waals surface area contributed by atoms with Crippen molar-refractivity contribution in [2.24, 2.45) is 0 Å². The normalized spacial score (nSPS) is 13.8. The number of rotatable bonds is 9. The first-order chi connectivity index (χ1) is 14.4. The van der Waals surface area contributed by atoms with E-state index in [0.29, 0.717) is 17.0 Å². The summed E-state index contributed by atoms with van der Waals surface area (Å²) in [6.07, 6.45) is 2.43. The Morgan fingerprint density at radius 2 is 1.55 bits per heavy atom. The van der Waals surface area contributed by atoms with E-state index in [-0.39, 0.29) is 11.3 Å². The minimum Gasteiger partial charge on any atom is -0.497 e. The number of sulfone groups is 1. The van der Waals surface area contributed by atoms with Crippen LogP contribution >= 0.6 is 0 Å². The molecule has 1 amide bonds. The number of nitrogens with one attached hydrogen (secondary N) is 1. The molecular formula is C21H28N2O6S2. The van der Waals surface area contributed by atoms with Gasteiger partial charge >= 0.3 is 0 Å². The minimum atomic E-state index is -3.75. The zero-order chi connectivity index (χ0) is 23.4. The van der Waals surface area contributed by atoms with Gasteiger partial charge in [0, 0.05) is 6.26 Å². The van der Waals surface area contributed by atoms with Crippen molar-refractivity contribution >= 4 is 31.5 Å². The molecule has 1 N–H and O–H groups in total. The lowest BCUT2D eigenvalue weighted by atomic mass is 10.1. The van der Waals surface area contributed by atoms with Crippen LogP contribution in [-0.4, -0.2) is 48.4 Å². The van der Waals surface area contributed by atoms with E-state index in [1.165, 1.54) is 19.2 Å². The Morgan fingerprint density at radius 3 is 1.97 bits per heavy atom. The summed E-state index contributed by atoms with van der Waals surface area (Å²) in [4.78, 5) is 13.2. The number of carbonyl (C=O) groups excluding carboxylic acids is 1. The SMILES string of the molecule is CC[C@@H](C(=O)N[C@H](C)c1ccc(S(C)(=O)=O)cc1)N(c1ccc(OC)cc1)S(C)(=O)=O. The lowest BCUT2D eigenvalue weighted by molar-refractivity contribution is -0.122. The molecule has 0 fully saturated rings. The monoisotopic (exact) mass is 468 g/mol. The first-order valence-corrected chi connectivity index (χ1v) is 13.4. The number of benzene rings is 2. The fraction of sp³-hybridized carbons (Fsp3) is 0.381. The van der Waals surface area contributed by atoms with Gasteiger partial charge in [-0.1, -0.05) is 19.1 Å². The highest BCUT2D eigenvalue weighted by atomic mass is 32.2. The van der Waals surface area contributed by atoms with Gasteiger partial charge in [0.15, 0.2) is 9.84 Å². The first-order valence-electron chi connectivity index (χ1n) is 9.62. The van der Waals surface area contributed by atoms with Gasteiger partial charge in [0.05, 0.1) is 30.0 Å². The second kappa shape index (κ2) is 9.69. The molecule has 0 heterocycles. The molecule has 31 heavy (non-hydrogen) atoms. The molecule has 2 aromatic carbocycles. The van der Waals surface area contributed by atoms with Gasteiger partial charge in [-0.3, -0.25) is 9.10 Å². The molecule has 0 aliphatic carbocycles. The summed E-state index contributed by atoms with van der Waals surface area (Å²) < 4.78 is 54.5. The number of methoxy groups -OCH3 is 1. The van der Waals surface area contributed by atoms with Crippen LogP contribution in [-0.2, 0) is 24.7 Å². The Labute approximate surface area is 184 Å². The maximum atomic E-state index is 13.0. The third-order valence-electron chi connectivity index (χ3n) is 4.82. The Balaban J connectivity index is 2.28. The van der Waals surface area contributed by atoms with Crippen LogP contribution in [0.5, 0.6) is 5.75 Å². The molecule has 170 valence electrons. The number of amides is 1. The van der Waals surface area contributed by atoms with E-state index in [2.05, 4.69) is 5.32 Å². The molecule has 2 atom stereocenters. The summed E-state index contributed by atoms with van der Waals surface area (Å²) >= 11 is 0. The van der Waals surface area contributed by atoms with E-state index in [1.54, 1.807) is 50.2 Å². The summed E-state index contributed by atoms with van der Waals surface area (Å²) in [6, 6.07) is 11.2. The van der Waals surface area contributed by atoms with E-state index in [0.717, 1.165) is 16.8 Å². The molecule has 2 rings (SSSR count). The summed E-state index contributed by atoms with van der Waals surface area (Å²) in [5, 5.41) is 2.83. The summed E-state index contributed by atoms with van der Waals surface area (Å²) in [5.41, 5.74) is 1.06. The molecule has 2 aromatic rings. The Hall–Kier alpha value is -2.59. The smallest absolute Gasteiger partial charge is 0.244 e. The number of hydrogen-bond donors (Lipinski definition) is 1. The molecule has 0 aliphatic heterocycles. The van der Waals surface area contributed by atoms with Crippen molar-refractivity contribution in [3.05, 3.63) is 54.1 Å². The zero-order valence-electron chi connectivity index (χ0n) is 18.2. The largest absolute Gasteiger partial charge is 0.497 e. The maximum Gasteiger partial charge on any atom is 0.244 e. The molecule has 0 spiro atoms. The van der Waals surface area contributed by atoms with Crippen LogP contribution in [0.3, 0.4) is 0 Å². The van der Waals surface area contributed by atoms with Crippen LogP contribution in [0.25, 0.3) is 0 Å². The van der Waals surface area contributed by atoms with Crippen molar-refractivity contribution < 1.29 is 26.4 Å². The molecular weight excluding hydrogens is 440 g/mol. The Kier molecular flexibility index (Phi) is 7.72. The molecule has 0 radical (unpaired) electrons. The average Bonchev–Trinajstić information content (AvgIpc) is 2.70. The highest BCUT2D eigenvalue weighted by Crippen LogP contribution is 2.26. The van der Waals surface area contributed by atoms with Gasteiger partial charge in [0.2, 0.25) is 15.9 Å². The molecule has 8 nitrogen and oxygen atoms in total. The van der Waals surface area contributed by atoms with Crippen molar-refractivity contribution in [1.82, 2.24) is 5.32 Å². The molecule has 0 aromatic heterocycles. The van der Waals surface area contributed by atoms with Crippen LogP contribution in [0.4, 0.5) is 5.69 Å². The number of carbonyl (C=O) groups is 1. The standard InChI is InChI=1S/C21H28N2O6S2/c1-6-20(23(31(5,27)28)17-9-11-18(29-3)12-10-17)21(24)22-15(2)16-7-13-19(14-8-16)30(4,25)26/h7-15,20H,6H2,1-5H3,(H,22,24)/t15-,20+/m1/s1. The number of ether oxygens (including phenoxy) is 1. The lowest BCUT2D eigenvalue weighted by Crippen LogP contribution is -2.49. The van der Waals surface area contributed by atoms with Crippen molar-refractivity contribution in [2.45, 2.75) is 37.2 Å². The van der Waals surface area contributed by atoms with Gasteiger partial charge in [-0.25, -0.2) is 16.8 Å². The molecule has 0 saturated carbocycles. The van der Waals surface area contributed by atoms with Crippen molar-refractivity contribution in [3.63, 3.8) is 0 Å². The number of sulfonamides is 1. The fourth-order valence-corrected chi connectivity index (χ4v) is 5.03. The van der Waals surface area contributed by atoms with Crippen LogP contribution in [0.1, 0.15) is 31.9 Å². The first kappa shape index (κ1) is 24.7. The van der Waals surface area contributed by atoms with E-state index in [4.69, 9.17) is 4.74 Å². The maximum absolute atomic E-state index is 13.0.